The Hall–Kier alpha value is -0.570. The molecular weight excluding hydrogens is 178 g/mol. The van der Waals surface area contributed by atoms with Crippen LogP contribution in [0.5, 0.6) is 0 Å². The third kappa shape index (κ3) is 6.89. The van der Waals surface area contributed by atoms with E-state index in [9.17, 15) is 4.79 Å². The second-order valence-electron chi connectivity index (χ2n) is 3.43. The van der Waals surface area contributed by atoms with Crippen LogP contribution in [-0.2, 0) is 4.79 Å². The molecule has 0 radical (unpaired) electrons. The third-order valence-corrected chi connectivity index (χ3v) is 2.36. The molecule has 0 spiro atoms. The number of carboxylic acid groups (broad SMARTS) is 1. The number of rotatable bonds is 4. The lowest BCUT2D eigenvalue weighted by molar-refractivity contribution is -0.137. The van der Waals surface area contributed by atoms with Crippen LogP contribution in [0.4, 0.5) is 0 Å². The average Bonchev–Trinajstić information content (AvgIpc) is 2.22. The molecule has 1 atom stereocenters. The first-order chi connectivity index (χ1) is 6.79. The van der Waals surface area contributed by atoms with E-state index in [1.807, 2.05) is 13.8 Å². The Morgan fingerprint density at radius 2 is 2.14 bits per heavy atom. The fourth-order valence-corrected chi connectivity index (χ4v) is 1.67. The van der Waals surface area contributed by atoms with E-state index in [1.54, 1.807) is 0 Å². The van der Waals surface area contributed by atoms with Gasteiger partial charge in [-0.15, -0.1) is 0 Å². The van der Waals surface area contributed by atoms with Gasteiger partial charge in [0.1, 0.15) is 0 Å². The van der Waals surface area contributed by atoms with Crippen molar-refractivity contribution >= 4 is 5.97 Å². The summed E-state index contributed by atoms with van der Waals surface area (Å²) in [6.07, 6.45) is 5.94. The van der Waals surface area contributed by atoms with Crippen molar-refractivity contribution in [3.05, 3.63) is 0 Å². The van der Waals surface area contributed by atoms with E-state index in [2.05, 4.69) is 5.32 Å². The lowest BCUT2D eigenvalue weighted by atomic mass is 10.00. The van der Waals surface area contributed by atoms with Gasteiger partial charge in [-0.2, -0.15) is 0 Å². The van der Waals surface area contributed by atoms with Gasteiger partial charge in [0.25, 0.3) is 0 Å². The second kappa shape index (κ2) is 9.00. The van der Waals surface area contributed by atoms with Gasteiger partial charge >= 0.3 is 5.97 Å². The average molecular weight is 201 g/mol. The highest BCUT2D eigenvalue weighted by Gasteiger charge is 2.11. The van der Waals surface area contributed by atoms with Crippen molar-refractivity contribution in [2.24, 2.45) is 0 Å². The number of hydrogen-bond donors (Lipinski definition) is 2. The van der Waals surface area contributed by atoms with Crippen LogP contribution in [-0.4, -0.2) is 23.7 Å². The largest absolute Gasteiger partial charge is 0.481 e. The van der Waals surface area contributed by atoms with E-state index in [-0.39, 0.29) is 0 Å². The van der Waals surface area contributed by atoms with Gasteiger partial charge in [0, 0.05) is 12.5 Å². The predicted molar refractivity (Wildman–Crippen MR) is 58.5 cm³/mol. The second-order valence-corrected chi connectivity index (χ2v) is 3.43. The maximum absolute atomic E-state index is 10.2. The number of carbonyl (C=O) groups is 1. The molecule has 0 saturated carbocycles. The molecule has 0 aromatic carbocycles. The summed E-state index contributed by atoms with van der Waals surface area (Å²) in [6.45, 7) is 5.11. The molecule has 0 aromatic heterocycles. The zero-order valence-electron chi connectivity index (χ0n) is 9.38. The molecule has 0 aromatic rings. The number of aliphatic carboxylic acids is 1. The van der Waals surface area contributed by atoms with Crippen molar-refractivity contribution in [2.45, 2.75) is 58.4 Å². The maximum Gasteiger partial charge on any atom is 0.303 e. The van der Waals surface area contributed by atoms with Gasteiger partial charge in [-0.1, -0.05) is 20.3 Å². The Bertz CT molecular complexity index is 142. The first-order valence-corrected chi connectivity index (χ1v) is 5.74. The molecular formula is C11H23NO2. The van der Waals surface area contributed by atoms with E-state index in [0.29, 0.717) is 12.5 Å². The summed E-state index contributed by atoms with van der Waals surface area (Å²) in [5, 5.41) is 11.8. The Balaban J connectivity index is 0.000000791. The van der Waals surface area contributed by atoms with Crippen LogP contribution >= 0.6 is 0 Å². The molecule has 14 heavy (non-hydrogen) atoms. The van der Waals surface area contributed by atoms with Crippen molar-refractivity contribution in [3.8, 4) is 0 Å². The van der Waals surface area contributed by atoms with Crippen molar-refractivity contribution in [2.75, 3.05) is 6.54 Å². The van der Waals surface area contributed by atoms with Gasteiger partial charge in [0.05, 0.1) is 0 Å². The molecule has 1 saturated heterocycles. The maximum atomic E-state index is 10.2. The van der Waals surface area contributed by atoms with Gasteiger partial charge in [0.15, 0.2) is 0 Å². The molecule has 1 unspecified atom stereocenters. The molecule has 1 heterocycles. The van der Waals surface area contributed by atoms with Gasteiger partial charge in [-0.05, 0) is 32.2 Å². The van der Waals surface area contributed by atoms with Crippen molar-refractivity contribution in [3.63, 3.8) is 0 Å². The zero-order valence-corrected chi connectivity index (χ0v) is 9.38. The summed E-state index contributed by atoms with van der Waals surface area (Å²) in [4.78, 5) is 10.2. The van der Waals surface area contributed by atoms with Gasteiger partial charge in [-0.3, -0.25) is 4.79 Å². The fourth-order valence-electron chi connectivity index (χ4n) is 1.67. The Labute approximate surface area is 86.9 Å². The minimum atomic E-state index is -0.675. The lowest BCUT2D eigenvalue weighted by Gasteiger charge is -2.22. The highest BCUT2D eigenvalue weighted by molar-refractivity contribution is 5.66. The summed E-state index contributed by atoms with van der Waals surface area (Å²) in [5.41, 5.74) is 0. The standard InChI is InChI=1S/C9H17NO2.C2H6/c11-9(12)6-3-5-8-4-1-2-7-10-8;1-2/h8,10H,1-7H2,(H,11,12);1-2H3. The SMILES string of the molecule is CC.O=C(O)CCCC1CCCCN1. The highest BCUT2D eigenvalue weighted by atomic mass is 16.4. The molecule has 1 fully saturated rings. The summed E-state index contributed by atoms with van der Waals surface area (Å²) in [7, 11) is 0. The van der Waals surface area contributed by atoms with Crippen LogP contribution in [0, 0.1) is 0 Å². The lowest BCUT2D eigenvalue weighted by Crippen LogP contribution is -2.33. The molecule has 2 N–H and O–H groups in total. The normalized spacial score (nSPS) is 20.9. The topological polar surface area (TPSA) is 49.3 Å². The molecule has 0 amide bonds. The highest BCUT2D eigenvalue weighted by Crippen LogP contribution is 2.12. The Morgan fingerprint density at radius 3 is 2.64 bits per heavy atom. The van der Waals surface area contributed by atoms with E-state index in [0.717, 1.165) is 19.4 Å². The van der Waals surface area contributed by atoms with Crippen molar-refractivity contribution < 1.29 is 9.90 Å². The number of piperidine rings is 1. The molecule has 0 aliphatic carbocycles. The van der Waals surface area contributed by atoms with Crippen molar-refractivity contribution in [1.29, 1.82) is 0 Å². The molecule has 0 bridgehead atoms. The zero-order chi connectivity index (χ0) is 10.8. The monoisotopic (exact) mass is 201 g/mol. The first kappa shape index (κ1) is 13.4. The Kier molecular flexibility index (Phi) is 8.64. The van der Waals surface area contributed by atoms with Crippen LogP contribution in [0.3, 0.4) is 0 Å². The summed E-state index contributed by atoms with van der Waals surface area (Å²) in [6, 6.07) is 0.582. The van der Waals surface area contributed by atoms with Gasteiger partial charge in [-0.25, -0.2) is 0 Å². The van der Waals surface area contributed by atoms with Crippen LogP contribution in [0.25, 0.3) is 0 Å². The minimum Gasteiger partial charge on any atom is -0.481 e. The molecule has 84 valence electrons. The summed E-state index contributed by atoms with van der Waals surface area (Å²) < 4.78 is 0. The minimum absolute atomic E-state index is 0.318. The van der Waals surface area contributed by atoms with Crippen LogP contribution in [0.1, 0.15) is 52.4 Å². The van der Waals surface area contributed by atoms with E-state index >= 15 is 0 Å². The third-order valence-electron chi connectivity index (χ3n) is 2.36. The van der Waals surface area contributed by atoms with Gasteiger partial charge < -0.3 is 10.4 Å². The number of hydrogen-bond acceptors (Lipinski definition) is 2. The quantitative estimate of drug-likeness (QED) is 0.734. The Morgan fingerprint density at radius 1 is 1.43 bits per heavy atom. The fraction of sp³-hybridized carbons (Fsp3) is 0.909. The molecule has 1 aliphatic heterocycles. The van der Waals surface area contributed by atoms with Crippen LogP contribution in [0.15, 0.2) is 0 Å². The number of nitrogens with one attached hydrogen (secondary N) is 1. The molecule has 1 aliphatic rings. The smallest absolute Gasteiger partial charge is 0.303 e. The first-order valence-electron chi connectivity index (χ1n) is 5.74. The van der Waals surface area contributed by atoms with E-state index < -0.39 is 5.97 Å². The van der Waals surface area contributed by atoms with Crippen LogP contribution in [0.2, 0.25) is 0 Å². The molecule has 1 rings (SSSR count). The molecule has 3 heteroatoms. The van der Waals surface area contributed by atoms with Crippen LogP contribution < -0.4 is 5.32 Å². The molecule has 3 nitrogen and oxygen atoms in total. The summed E-state index contributed by atoms with van der Waals surface area (Å²) in [5.74, 6) is -0.675. The predicted octanol–water partition coefficient (Wildman–Crippen LogP) is 2.41. The summed E-state index contributed by atoms with van der Waals surface area (Å²) >= 11 is 0. The van der Waals surface area contributed by atoms with E-state index in [4.69, 9.17) is 5.11 Å². The number of carboxylic acids is 1. The van der Waals surface area contributed by atoms with Crippen molar-refractivity contribution in [1.82, 2.24) is 5.32 Å². The van der Waals surface area contributed by atoms with Gasteiger partial charge in [0.2, 0.25) is 0 Å². The van der Waals surface area contributed by atoms with E-state index in [1.165, 1.54) is 19.3 Å².